The van der Waals surface area contributed by atoms with Gasteiger partial charge in [0.1, 0.15) is 0 Å². The van der Waals surface area contributed by atoms with Gasteiger partial charge in [0.15, 0.2) is 0 Å². The molecule has 0 amide bonds. The molecule has 88 valence electrons. The molecule has 1 aromatic heterocycles. The molecule has 0 unspecified atom stereocenters. The highest BCUT2D eigenvalue weighted by Gasteiger charge is 2.11. The topological polar surface area (TPSA) is 34.6 Å². The van der Waals surface area contributed by atoms with Crippen molar-refractivity contribution in [1.29, 1.82) is 0 Å². The van der Waals surface area contributed by atoms with E-state index in [-0.39, 0.29) is 0 Å². The van der Waals surface area contributed by atoms with Gasteiger partial charge < -0.3 is 14.4 Å². The molecule has 4 heteroatoms. The molecule has 1 saturated heterocycles. The van der Waals surface area contributed by atoms with Crippen LogP contribution in [0.4, 0.5) is 5.69 Å². The van der Waals surface area contributed by atoms with Gasteiger partial charge in [0.05, 0.1) is 31.7 Å². The minimum Gasteiger partial charge on any atom is -0.478 e. The molecule has 0 aromatic carbocycles. The molecule has 0 N–H and O–H groups in total. The number of anilines is 1. The highest BCUT2D eigenvalue weighted by atomic mass is 16.5. The summed E-state index contributed by atoms with van der Waals surface area (Å²) >= 11 is 0. The minimum atomic E-state index is 0.707. The maximum Gasteiger partial charge on any atom is 0.213 e. The standard InChI is InChI=1S/C12H18N2O2/c1-2-7-16-12-4-3-11(10-13-12)14-5-8-15-9-6-14/h3-4,10H,2,5-9H2,1H3. The number of morpholine rings is 1. The van der Waals surface area contributed by atoms with E-state index in [9.17, 15) is 0 Å². The third-order valence-corrected chi connectivity index (χ3v) is 2.55. The summed E-state index contributed by atoms with van der Waals surface area (Å²) < 4.78 is 10.8. The van der Waals surface area contributed by atoms with Crippen LogP contribution in [0.2, 0.25) is 0 Å². The second kappa shape index (κ2) is 5.70. The highest BCUT2D eigenvalue weighted by Crippen LogP contribution is 2.17. The number of ether oxygens (including phenoxy) is 2. The van der Waals surface area contributed by atoms with Crippen molar-refractivity contribution < 1.29 is 9.47 Å². The molecule has 2 heterocycles. The van der Waals surface area contributed by atoms with Crippen molar-refractivity contribution in [3.05, 3.63) is 18.3 Å². The van der Waals surface area contributed by atoms with Crippen LogP contribution in [0, 0.1) is 0 Å². The van der Waals surface area contributed by atoms with Gasteiger partial charge in [-0.2, -0.15) is 0 Å². The van der Waals surface area contributed by atoms with Gasteiger partial charge in [0, 0.05) is 19.2 Å². The second-order valence-corrected chi connectivity index (χ2v) is 3.80. The van der Waals surface area contributed by atoms with Gasteiger partial charge in [0.2, 0.25) is 5.88 Å². The van der Waals surface area contributed by atoms with Crippen LogP contribution in [0.3, 0.4) is 0 Å². The summed E-state index contributed by atoms with van der Waals surface area (Å²) in [6, 6.07) is 3.99. The van der Waals surface area contributed by atoms with Gasteiger partial charge in [-0.25, -0.2) is 4.98 Å². The van der Waals surface area contributed by atoms with Gasteiger partial charge >= 0.3 is 0 Å². The van der Waals surface area contributed by atoms with Crippen molar-refractivity contribution in [2.75, 3.05) is 37.8 Å². The number of rotatable bonds is 4. The Hall–Kier alpha value is -1.29. The fourth-order valence-corrected chi connectivity index (χ4v) is 1.67. The molecular weight excluding hydrogens is 204 g/mol. The number of hydrogen-bond donors (Lipinski definition) is 0. The lowest BCUT2D eigenvalue weighted by molar-refractivity contribution is 0.122. The smallest absolute Gasteiger partial charge is 0.213 e. The second-order valence-electron chi connectivity index (χ2n) is 3.80. The Morgan fingerprint density at radius 1 is 1.38 bits per heavy atom. The lowest BCUT2D eigenvalue weighted by atomic mass is 10.3. The summed E-state index contributed by atoms with van der Waals surface area (Å²) in [6.45, 7) is 6.29. The van der Waals surface area contributed by atoms with Gasteiger partial charge in [-0.1, -0.05) is 6.92 Å². The van der Waals surface area contributed by atoms with E-state index in [0.717, 1.165) is 45.0 Å². The van der Waals surface area contributed by atoms with E-state index in [4.69, 9.17) is 9.47 Å². The third kappa shape index (κ3) is 2.85. The predicted molar refractivity (Wildman–Crippen MR) is 63.1 cm³/mol. The van der Waals surface area contributed by atoms with Crippen LogP contribution in [0.1, 0.15) is 13.3 Å². The zero-order chi connectivity index (χ0) is 11.2. The van der Waals surface area contributed by atoms with Crippen molar-refractivity contribution in [3.8, 4) is 5.88 Å². The Morgan fingerprint density at radius 2 is 2.19 bits per heavy atom. The fourth-order valence-electron chi connectivity index (χ4n) is 1.67. The first kappa shape index (κ1) is 11.2. The molecule has 0 atom stereocenters. The van der Waals surface area contributed by atoms with Crippen molar-refractivity contribution in [1.82, 2.24) is 4.98 Å². The molecule has 0 radical (unpaired) electrons. The summed E-state index contributed by atoms with van der Waals surface area (Å²) in [7, 11) is 0. The molecule has 2 rings (SSSR count). The van der Waals surface area contributed by atoms with E-state index in [1.165, 1.54) is 0 Å². The summed E-state index contributed by atoms with van der Waals surface area (Å²) in [4.78, 5) is 6.56. The van der Waals surface area contributed by atoms with Crippen molar-refractivity contribution in [3.63, 3.8) is 0 Å². The van der Waals surface area contributed by atoms with Crippen LogP contribution >= 0.6 is 0 Å². The average molecular weight is 222 g/mol. The maximum absolute atomic E-state index is 5.44. The number of pyridine rings is 1. The molecule has 1 aliphatic rings. The Bertz CT molecular complexity index is 307. The fraction of sp³-hybridized carbons (Fsp3) is 0.583. The monoisotopic (exact) mass is 222 g/mol. The van der Waals surface area contributed by atoms with Gasteiger partial charge in [-0.15, -0.1) is 0 Å². The zero-order valence-electron chi connectivity index (χ0n) is 9.69. The van der Waals surface area contributed by atoms with Crippen LogP contribution in [0.15, 0.2) is 18.3 Å². The summed E-state index contributed by atoms with van der Waals surface area (Å²) in [6.07, 6.45) is 2.88. The Labute approximate surface area is 96.2 Å². The van der Waals surface area contributed by atoms with Gasteiger partial charge in [-0.05, 0) is 12.5 Å². The molecule has 1 aliphatic heterocycles. The SMILES string of the molecule is CCCOc1ccc(N2CCOCC2)cn1. The van der Waals surface area contributed by atoms with Crippen LogP contribution in [0.5, 0.6) is 5.88 Å². The van der Waals surface area contributed by atoms with E-state index in [1.54, 1.807) is 0 Å². The van der Waals surface area contributed by atoms with Gasteiger partial charge in [0.25, 0.3) is 0 Å². The summed E-state index contributed by atoms with van der Waals surface area (Å²) in [5.74, 6) is 0.707. The van der Waals surface area contributed by atoms with E-state index >= 15 is 0 Å². The Kier molecular flexibility index (Phi) is 3.99. The molecule has 0 aliphatic carbocycles. The normalized spacial score (nSPS) is 16.2. The number of aromatic nitrogens is 1. The summed E-state index contributed by atoms with van der Waals surface area (Å²) in [5, 5.41) is 0. The van der Waals surface area contributed by atoms with E-state index in [2.05, 4.69) is 22.9 Å². The van der Waals surface area contributed by atoms with Gasteiger partial charge in [-0.3, -0.25) is 0 Å². The van der Waals surface area contributed by atoms with Crippen LogP contribution in [0.25, 0.3) is 0 Å². The minimum absolute atomic E-state index is 0.707. The van der Waals surface area contributed by atoms with Crippen molar-refractivity contribution in [2.45, 2.75) is 13.3 Å². The van der Waals surface area contributed by atoms with Crippen molar-refractivity contribution >= 4 is 5.69 Å². The predicted octanol–water partition coefficient (Wildman–Crippen LogP) is 1.71. The van der Waals surface area contributed by atoms with E-state index in [1.807, 2.05) is 12.3 Å². The zero-order valence-corrected chi connectivity index (χ0v) is 9.69. The van der Waals surface area contributed by atoms with Crippen LogP contribution in [-0.2, 0) is 4.74 Å². The van der Waals surface area contributed by atoms with Crippen LogP contribution < -0.4 is 9.64 Å². The lowest BCUT2D eigenvalue weighted by Gasteiger charge is -2.28. The number of nitrogens with zero attached hydrogens (tertiary/aromatic N) is 2. The molecule has 1 fully saturated rings. The summed E-state index contributed by atoms with van der Waals surface area (Å²) in [5.41, 5.74) is 1.15. The van der Waals surface area contributed by atoms with Crippen LogP contribution in [-0.4, -0.2) is 37.9 Å². The maximum atomic E-state index is 5.44. The van der Waals surface area contributed by atoms with E-state index < -0.39 is 0 Å². The Morgan fingerprint density at radius 3 is 2.81 bits per heavy atom. The highest BCUT2D eigenvalue weighted by molar-refractivity contribution is 5.45. The molecule has 0 bridgehead atoms. The van der Waals surface area contributed by atoms with E-state index in [0.29, 0.717) is 5.88 Å². The molecule has 1 aromatic rings. The first-order valence-electron chi connectivity index (χ1n) is 5.81. The Balaban J connectivity index is 1.95. The third-order valence-electron chi connectivity index (χ3n) is 2.55. The first-order valence-corrected chi connectivity index (χ1v) is 5.81. The quantitative estimate of drug-likeness (QED) is 0.776. The molecule has 0 saturated carbocycles. The molecule has 0 spiro atoms. The largest absolute Gasteiger partial charge is 0.478 e. The average Bonchev–Trinajstić information content (AvgIpc) is 2.38. The molecule has 4 nitrogen and oxygen atoms in total. The lowest BCUT2D eigenvalue weighted by Crippen LogP contribution is -2.36. The molecule has 16 heavy (non-hydrogen) atoms. The first-order chi connectivity index (χ1) is 7.90. The van der Waals surface area contributed by atoms with Crippen molar-refractivity contribution in [2.24, 2.45) is 0 Å². The number of hydrogen-bond acceptors (Lipinski definition) is 4. The molecular formula is C12H18N2O2.